The average molecular weight is 238 g/mol. The van der Waals surface area contributed by atoms with Gasteiger partial charge in [-0.1, -0.05) is 6.07 Å². The molecule has 0 aromatic carbocycles. The minimum atomic E-state index is -0.890. The summed E-state index contributed by atoms with van der Waals surface area (Å²) in [6, 6.07) is 4.64. The van der Waals surface area contributed by atoms with Crippen LogP contribution in [0.1, 0.15) is 12.8 Å². The van der Waals surface area contributed by atoms with Crippen LogP contribution in [0.25, 0.3) is 0 Å². The van der Waals surface area contributed by atoms with E-state index in [-0.39, 0.29) is 24.4 Å². The van der Waals surface area contributed by atoms with Crippen LogP contribution in [0, 0.1) is 0 Å². The van der Waals surface area contributed by atoms with E-state index in [9.17, 15) is 14.4 Å². The summed E-state index contributed by atoms with van der Waals surface area (Å²) < 4.78 is 1.28. The van der Waals surface area contributed by atoms with Crippen molar-refractivity contribution in [1.82, 2.24) is 9.88 Å². The number of carbonyl (C=O) groups is 2. The number of carboxylic acid groups (broad SMARTS) is 1. The van der Waals surface area contributed by atoms with Crippen LogP contribution >= 0.6 is 0 Å². The molecule has 6 heteroatoms. The second-order valence-electron chi connectivity index (χ2n) is 3.51. The number of carbonyl (C=O) groups excluding carboxylic acids is 1. The van der Waals surface area contributed by atoms with Crippen molar-refractivity contribution >= 4 is 11.9 Å². The van der Waals surface area contributed by atoms with E-state index in [4.69, 9.17) is 5.11 Å². The maximum atomic E-state index is 11.4. The number of hydrogen-bond acceptors (Lipinski definition) is 3. The molecule has 92 valence electrons. The van der Waals surface area contributed by atoms with Crippen molar-refractivity contribution < 1.29 is 14.7 Å². The van der Waals surface area contributed by atoms with Gasteiger partial charge in [-0.25, -0.2) is 0 Å². The molecule has 0 aliphatic rings. The normalized spacial score (nSPS) is 9.88. The number of carboxylic acids is 1. The van der Waals surface area contributed by atoms with Gasteiger partial charge >= 0.3 is 5.97 Å². The highest BCUT2D eigenvalue weighted by molar-refractivity contribution is 5.75. The Bertz CT molecular complexity index is 453. The monoisotopic (exact) mass is 238 g/mol. The van der Waals surface area contributed by atoms with Gasteiger partial charge in [0.1, 0.15) is 6.54 Å². The van der Waals surface area contributed by atoms with Crippen molar-refractivity contribution in [3.05, 3.63) is 34.7 Å². The Morgan fingerprint density at radius 2 is 2.12 bits per heavy atom. The smallest absolute Gasteiger partial charge is 0.303 e. The molecule has 1 heterocycles. The lowest BCUT2D eigenvalue weighted by Gasteiger charge is -2.06. The summed E-state index contributed by atoms with van der Waals surface area (Å²) in [6.07, 6.45) is 1.93. The van der Waals surface area contributed by atoms with E-state index >= 15 is 0 Å². The fourth-order valence-corrected chi connectivity index (χ4v) is 1.27. The summed E-state index contributed by atoms with van der Waals surface area (Å²) in [6.45, 7) is 0.249. The first kappa shape index (κ1) is 13.0. The molecule has 1 aromatic heterocycles. The zero-order chi connectivity index (χ0) is 12.7. The van der Waals surface area contributed by atoms with Crippen LogP contribution in [0.15, 0.2) is 29.2 Å². The molecule has 0 atom stereocenters. The van der Waals surface area contributed by atoms with E-state index in [0.29, 0.717) is 13.0 Å². The van der Waals surface area contributed by atoms with Crippen LogP contribution in [-0.4, -0.2) is 28.1 Å². The number of rotatable bonds is 6. The number of pyridine rings is 1. The second-order valence-corrected chi connectivity index (χ2v) is 3.51. The number of nitrogens with zero attached hydrogens (tertiary/aromatic N) is 1. The molecule has 0 saturated carbocycles. The Morgan fingerprint density at radius 1 is 1.35 bits per heavy atom. The molecule has 0 aliphatic heterocycles. The van der Waals surface area contributed by atoms with Crippen molar-refractivity contribution in [2.24, 2.45) is 0 Å². The van der Waals surface area contributed by atoms with Gasteiger partial charge in [-0.15, -0.1) is 0 Å². The van der Waals surface area contributed by atoms with Gasteiger partial charge in [0, 0.05) is 25.2 Å². The third-order valence-electron chi connectivity index (χ3n) is 2.10. The highest BCUT2D eigenvalue weighted by Gasteiger charge is 2.03. The molecule has 0 radical (unpaired) electrons. The zero-order valence-electron chi connectivity index (χ0n) is 9.26. The van der Waals surface area contributed by atoms with Crippen LogP contribution in [0.2, 0.25) is 0 Å². The first-order chi connectivity index (χ1) is 8.09. The summed E-state index contributed by atoms with van der Waals surface area (Å²) in [5.74, 6) is -1.19. The highest BCUT2D eigenvalue weighted by Crippen LogP contribution is 1.87. The van der Waals surface area contributed by atoms with Crippen LogP contribution in [0.5, 0.6) is 0 Å². The topological polar surface area (TPSA) is 88.4 Å². The van der Waals surface area contributed by atoms with Crippen molar-refractivity contribution in [2.45, 2.75) is 19.4 Å². The predicted molar refractivity (Wildman–Crippen MR) is 60.6 cm³/mol. The molecule has 0 aliphatic carbocycles. The standard InChI is InChI=1S/C11H14N2O4/c14-9(12-6-3-5-11(16)17)8-13-7-2-1-4-10(13)15/h1-2,4,7H,3,5-6,8H2,(H,12,14)(H,16,17). The third-order valence-corrected chi connectivity index (χ3v) is 2.10. The molecule has 1 aromatic rings. The maximum absolute atomic E-state index is 11.4. The van der Waals surface area contributed by atoms with Crippen LogP contribution in [0.4, 0.5) is 0 Å². The maximum Gasteiger partial charge on any atom is 0.303 e. The fourth-order valence-electron chi connectivity index (χ4n) is 1.27. The number of amides is 1. The zero-order valence-corrected chi connectivity index (χ0v) is 9.26. The van der Waals surface area contributed by atoms with Crippen molar-refractivity contribution in [2.75, 3.05) is 6.54 Å². The SMILES string of the molecule is O=C(O)CCCNC(=O)Cn1ccccc1=O. The third kappa shape index (κ3) is 4.96. The Morgan fingerprint density at radius 3 is 2.76 bits per heavy atom. The molecule has 0 bridgehead atoms. The van der Waals surface area contributed by atoms with Crippen molar-refractivity contribution in [3.63, 3.8) is 0 Å². The molecular formula is C11H14N2O4. The molecule has 0 spiro atoms. The van der Waals surface area contributed by atoms with Gasteiger partial charge in [-0.3, -0.25) is 14.4 Å². The summed E-state index contributed by atoms with van der Waals surface area (Å²) in [4.78, 5) is 32.9. The fraction of sp³-hybridized carbons (Fsp3) is 0.364. The average Bonchev–Trinajstić information content (AvgIpc) is 2.27. The molecule has 0 saturated heterocycles. The lowest BCUT2D eigenvalue weighted by Crippen LogP contribution is -2.32. The number of aromatic nitrogens is 1. The minimum Gasteiger partial charge on any atom is -0.481 e. The first-order valence-electron chi connectivity index (χ1n) is 5.23. The number of nitrogens with one attached hydrogen (secondary N) is 1. The molecule has 6 nitrogen and oxygen atoms in total. The van der Waals surface area contributed by atoms with E-state index in [1.54, 1.807) is 12.1 Å². The highest BCUT2D eigenvalue weighted by atomic mass is 16.4. The lowest BCUT2D eigenvalue weighted by atomic mass is 10.3. The number of aliphatic carboxylic acids is 1. The first-order valence-corrected chi connectivity index (χ1v) is 5.23. The molecule has 1 amide bonds. The van der Waals surface area contributed by atoms with Gasteiger partial charge in [-0.05, 0) is 12.5 Å². The van der Waals surface area contributed by atoms with Crippen molar-refractivity contribution in [3.8, 4) is 0 Å². The Labute approximate surface area is 97.9 Å². The molecule has 2 N–H and O–H groups in total. The predicted octanol–water partition coefficient (Wildman–Crippen LogP) is -0.171. The Kier molecular flexibility index (Phi) is 4.93. The van der Waals surface area contributed by atoms with Crippen molar-refractivity contribution in [1.29, 1.82) is 0 Å². The molecule has 17 heavy (non-hydrogen) atoms. The molecule has 0 unspecified atom stereocenters. The molecule has 0 fully saturated rings. The van der Waals surface area contributed by atoms with E-state index in [2.05, 4.69) is 5.32 Å². The molecular weight excluding hydrogens is 224 g/mol. The summed E-state index contributed by atoms with van der Waals surface area (Å²) in [5, 5.41) is 10.9. The van der Waals surface area contributed by atoms with Gasteiger partial charge in [0.05, 0.1) is 0 Å². The van der Waals surface area contributed by atoms with Crippen LogP contribution in [-0.2, 0) is 16.1 Å². The van der Waals surface area contributed by atoms with Gasteiger partial charge in [0.25, 0.3) is 5.56 Å². The van der Waals surface area contributed by atoms with E-state index in [0.717, 1.165) is 0 Å². The second kappa shape index (κ2) is 6.47. The Hall–Kier alpha value is -2.11. The largest absolute Gasteiger partial charge is 0.481 e. The summed E-state index contributed by atoms with van der Waals surface area (Å²) >= 11 is 0. The van der Waals surface area contributed by atoms with Gasteiger partial charge in [-0.2, -0.15) is 0 Å². The van der Waals surface area contributed by atoms with E-state index < -0.39 is 5.97 Å². The Balaban J connectivity index is 2.33. The van der Waals surface area contributed by atoms with Gasteiger partial charge in [0.15, 0.2) is 0 Å². The minimum absolute atomic E-state index is 0.0194. The van der Waals surface area contributed by atoms with Crippen LogP contribution < -0.4 is 10.9 Å². The summed E-state index contributed by atoms with van der Waals surface area (Å²) in [5.41, 5.74) is -0.242. The van der Waals surface area contributed by atoms with Crippen LogP contribution in [0.3, 0.4) is 0 Å². The quantitative estimate of drug-likeness (QED) is 0.673. The van der Waals surface area contributed by atoms with E-state index in [1.807, 2.05) is 0 Å². The van der Waals surface area contributed by atoms with Gasteiger partial charge in [0.2, 0.25) is 5.91 Å². The molecule has 1 rings (SSSR count). The van der Waals surface area contributed by atoms with Gasteiger partial charge < -0.3 is 15.0 Å². The van der Waals surface area contributed by atoms with E-state index in [1.165, 1.54) is 16.8 Å². The summed E-state index contributed by atoms with van der Waals surface area (Å²) in [7, 11) is 0. The number of hydrogen-bond donors (Lipinski definition) is 2. The lowest BCUT2D eigenvalue weighted by molar-refractivity contribution is -0.137.